The molecule has 1 atom stereocenters. The van der Waals surface area contributed by atoms with Crippen LogP contribution in [0, 0.1) is 0 Å². The molecule has 3 rings (SSSR count). The lowest BCUT2D eigenvalue weighted by Gasteiger charge is -2.33. The molecule has 25 heavy (non-hydrogen) atoms. The molecular formula is C19H20N2O4. The number of nitrogens with one attached hydrogen (secondary N) is 1. The topological polar surface area (TPSA) is 78.9 Å². The third-order valence-electron chi connectivity index (χ3n) is 4.07. The summed E-state index contributed by atoms with van der Waals surface area (Å²) in [6, 6.07) is 14.2. The Morgan fingerprint density at radius 3 is 2.68 bits per heavy atom. The first-order valence-electron chi connectivity index (χ1n) is 8.11. The predicted octanol–water partition coefficient (Wildman–Crippen LogP) is 2.56. The Morgan fingerprint density at radius 2 is 1.96 bits per heavy atom. The highest BCUT2D eigenvalue weighted by Crippen LogP contribution is 2.27. The smallest absolute Gasteiger partial charge is 0.257 e. The minimum atomic E-state index is -0.283. The summed E-state index contributed by atoms with van der Waals surface area (Å²) < 4.78 is 5.77. The lowest BCUT2D eigenvalue weighted by molar-refractivity contribution is -0.114. The third-order valence-corrected chi connectivity index (χ3v) is 4.07. The zero-order valence-electron chi connectivity index (χ0n) is 13.9. The first-order valence-corrected chi connectivity index (χ1v) is 8.11. The van der Waals surface area contributed by atoms with Crippen molar-refractivity contribution >= 4 is 17.5 Å². The molecule has 0 aliphatic carbocycles. The van der Waals surface area contributed by atoms with E-state index in [0.717, 1.165) is 5.56 Å². The van der Waals surface area contributed by atoms with Gasteiger partial charge in [-0.05, 0) is 23.8 Å². The molecule has 130 valence electrons. The molecule has 1 aliphatic heterocycles. The molecule has 1 heterocycles. The molecule has 0 radical (unpaired) electrons. The van der Waals surface area contributed by atoms with E-state index in [1.165, 1.54) is 19.1 Å². The highest BCUT2D eigenvalue weighted by Gasteiger charge is 2.27. The maximum absolute atomic E-state index is 12.8. The van der Waals surface area contributed by atoms with E-state index >= 15 is 0 Å². The number of aromatic hydroxyl groups is 1. The molecule has 2 N–H and O–H groups in total. The van der Waals surface area contributed by atoms with Gasteiger partial charge in [-0.2, -0.15) is 0 Å². The Morgan fingerprint density at radius 1 is 1.20 bits per heavy atom. The minimum Gasteiger partial charge on any atom is -0.507 e. The van der Waals surface area contributed by atoms with Crippen LogP contribution in [0.1, 0.15) is 28.9 Å². The lowest BCUT2D eigenvalue weighted by Crippen LogP contribution is -2.42. The van der Waals surface area contributed by atoms with Gasteiger partial charge >= 0.3 is 0 Å². The van der Waals surface area contributed by atoms with Crippen molar-refractivity contribution in [2.75, 3.05) is 25.0 Å². The summed E-state index contributed by atoms with van der Waals surface area (Å²) in [4.78, 5) is 25.7. The van der Waals surface area contributed by atoms with E-state index in [9.17, 15) is 14.7 Å². The van der Waals surface area contributed by atoms with Gasteiger partial charge in [0.2, 0.25) is 5.91 Å². The maximum Gasteiger partial charge on any atom is 0.257 e. The molecule has 0 spiro atoms. The van der Waals surface area contributed by atoms with E-state index in [2.05, 4.69) is 5.32 Å². The van der Waals surface area contributed by atoms with Crippen LogP contribution in [0.4, 0.5) is 5.69 Å². The number of hydrogen-bond acceptors (Lipinski definition) is 4. The maximum atomic E-state index is 12.8. The van der Waals surface area contributed by atoms with Gasteiger partial charge in [0.05, 0.1) is 18.7 Å². The number of morpholine rings is 1. The number of hydrogen-bond donors (Lipinski definition) is 2. The molecule has 2 amide bonds. The standard InChI is InChI=1S/C19H20N2O4/c1-13(22)20-15-7-8-17(23)16(11-15)19(24)21-9-10-25-18(12-21)14-5-3-2-4-6-14/h2-8,11,18,23H,9-10,12H2,1H3,(H,20,22)/t18-/m1/s1. The Kier molecular flexibility index (Phi) is 5.00. The van der Waals surface area contributed by atoms with Gasteiger partial charge in [-0.3, -0.25) is 9.59 Å². The van der Waals surface area contributed by atoms with Crippen molar-refractivity contribution in [3.63, 3.8) is 0 Å². The Bertz CT molecular complexity index is 776. The lowest BCUT2D eigenvalue weighted by atomic mass is 10.1. The molecule has 0 unspecified atom stereocenters. The molecule has 1 fully saturated rings. The number of amides is 2. The van der Waals surface area contributed by atoms with E-state index < -0.39 is 0 Å². The van der Waals surface area contributed by atoms with Gasteiger partial charge in [0.1, 0.15) is 11.9 Å². The molecule has 1 saturated heterocycles. The monoisotopic (exact) mass is 340 g/mol. The Hall–Kier alpha value is -2.86. The van der Waals surface area contributed by atoms with Crippen LogP contribution in [-0.4, -0.2) is 41.5 Å². The fraction of sp³-hybridized carbons (Fsp3) is 0.263. The highest BCUT2D eigenvalue weighted by atomic mass is 16.5. The van der Waals surface area contributed by atoms with Crippen LogP contribution < -0.4 is 5.32 Å². The SMILES string of the molecule is CC(=O)Nc1ccc(O)c(C(=O)N2CCO[C@@H](c3ccccc3)C2)c1. The van der Waals surface area contributed by atoms with Gasteiger partial charge in [0.25, 0.3) is 5.91 Å². The van der Waals surface area contributed by atoms with Crippen LogP contribution in [0.2, 0.25) is 0 Å². The van der Waals surface area contributed by atoms with Gasteiger partial charge in [-0.15, -0.1) is 0 Å². The molecule has 1 aliphatic rings. The fourth-order valence-electron chi connectivity index (χ4n) is 2.86. The summed E-state index contributed by atoms with van der Waals surface area (Å²) in [7, 11) is 0. The van der Waals surface area contributed by atoms with Crippen molar-refractivity contribution in [3.05, 3.63) is 59.7 Å². The van der Waals surface area contributed by atoms with Gasteiger partial charge in [-0.25, -0.2) is 0 Å². The van der Waals surface area contributed by atoms with Crippen molar-refractivity contribution in [1.82, 2.24) is 4.90 Å². The average Bonchev–Trinajstić information content (AvgIpc) is 2.63. The molecule has 0 aromatic heterocycles. The zero-order chi connectivity index (χ0) is 17.8. The van der Waals surface area contributed by atoms with Crippen molar-refractivity contribution in [3.8, 4) is 5.75 Å². The quantitative estimate of drug-likeness (QED) is 0.842. The van der Waals surface area contributed by atoms with Crippen molar-refractivity contribution < 1.29 is 19.4 Å². The first-order chi connectivity index (χ1) is 12.0. The van der Waals surface area contributed by atoms with Crippen molar-refractivity contribution in [1.29, 1.82) is 0 Å². The summed E-state index contributed by atoms with van der Waals surface area (Å²) in [6.45, 7) is 2.68. The number of carbonyl (C=O) groups excluding carboxylic acids is 2. The molecule has 0 saturated carbocycles. The number of ether oxygens (including phenoxy) is 1. The van der Waals surface area contributed by atoms with Crippen LogP contribution in [0.5, 0.6) is 5.75 Å². The molecule has 6 heteroatoms. The first kappa shape index (κ1) is 17.0. The molecule has 2 aromatic rings. The average molecular weight is 340 g/mol. The minimum absolute atomic E-state index is 0.109. The Balaban J connectivity index is 1.79. The van der Waals surface area contributed by atoms with E-state index in [1.54, 1.807) is 11.0 Å². The summed E-state index contributed by atoms with van der Waals surface area (Å²) in [5, 5.41) is 12.7. The second kappa shape index (κ2) is 7.36. The summed E-state index contributed by atoms with van der Waals surface area (Å²) in [6.07, 6.45) is -0.195. The highest BCUT2D eigenvalue weighted by molar-refractivity contribution is 5.99. The normalized spacial score (nSPS) is 17.2. The van der Waals surface area contributed by atoms with Gasteiger partial charge in [0.15, 0.2) is 0 Å². The van der Waals surface area contributed by atoms with Gasteiger partial charge in [0, 0.05) is 19.2 Å². The second-order valence-electron chi connectivity index (χ2n) is 5.93. The summed E-state index contributed by atoms with van der Waals surface area (Å²) >= 11 is 0. The summed E-state index contributed by atoms with van der Waals surface area (Å²) in [5.74, 6) is -0.629. The Labute approximate surface area is 146 Å². The number of nitrogens with zero attached hydrogens (tertiary/aromatic N) is 1. The van der Waals surface area contributed by atoms with Crippen molar-refractivity contribution in [2.24, 2.45) is 0 Å². The van der Waals surface area contributed by atoms with Gasteiger partial charge in [-0.1, -0.05) is 30.3 Å². The largest absolute Gasteiger partial charge is 0.507 e. The van der Waals surface area contributed by atoms with E-state index in [4.69, 9.17) is 4.74 Å². The number of anilines is 1. The van der Waals surface area contributed by atoms with Crippen LogP contribution in [0.25, 0.3) is 0 Å². The third kappa shape index (κ3) is 3.97. The second-order valence-corrected chi connectivity index (χ2v) is 5.93. The van der Waals surface area contributed by atoms with E-state index in [-0.39, 0.29) is 29.2 Å². The number of carbonyl (C=O) groups is 2. The summed E-state index contributed by atoms with van der Waals surface area (Å²) in [5.41, 5.74) is 1.65. The molecule has 2 aromatic carbocycles. The number of phenolic OH excluding ortho intramolecular Hbond substituents is 1. The molecule has 6 nitrogen and oxygen atoms in total. The van der Waals surface area contributed by atoms with Crippen LogP contribution >= 0.6 is 0 Å². The van der Waals surface area contributed by atoms with E-state index in [1.807, 2.05) is 30.3 Å². The molecular weight excluding hydrogens is 320 g/mol. The number of phenols is 1. The van der Waals surface area contributed by atoms with Crippen molar-refractivity contribution in [2.45, 2.75) is 13.0 Å². The fourth-order valence-corrected chi connectivity index (χ4v) is 2.86. The van der Waals surface area contributed by atoms with Crippen LogP contribution in [0.15, 0.2) is 48.5 Å². The van der Waals surface area contributed by atoms with Gasteiger partial charge < -0.3 is 20.1 Å². The molecule has 0 bridgehead atoms. The number of benzene rings is 2. The van der Waals surface area contributed by atoms with Crippen LogP contribution in [-0.2, 0) is 9.53 Å². The number of rotatable bonds is 3. The zero-order valence-corrected chi connectivity index (χ0v) is 13.9. The van der Waals surface area contributed by atoms with Crippen LogP contribution in [0.3, 0.4) is 0 Å². The predicted molar refractivity (Wildman–Crippen MR) is 93.4 cm³/mol. The van der Waals surface area contributed by atoms with E-state index in [0.29, 0.717) is 25.4 Å².